The van der Waals surface area contributed by atoms with Gasteiger partial charge in [0.1, 0.15) is 23.9 Å². The quantitative estimate of drug-likeness (QED) is 0.628. The van der Waals surface area contributed by atoms with Crippen LogP contribution in [0.3, 0.4) is 0 Å². The lowest BCUT2D eigenvalue weighted by atomic mass is 10.2. The third-order valence-electron chi connectivity index (χ3n) is 3.91. The first kappa shape index (κ1) is 17.9. The molecule has 0 aliphatic rings. The molecule has 0 radical (unpaired) electrons. The summed E-state index contributed by atoms with van der Waals surface area (Å²) in [7, 11) is 0. The molecule has 0 saturated carbocycles. The Hall–Kier alpha value is -2.93. The largest absolute Gasteiger partial charge is 0.467 e. The molecular formula is C19H20FN3O3. The van der Waals surface area contributed by atoms with Gasteiger partial charge < -0.3 is 14.5 Å². The maximum atomic E-state index is 13.9. The molecule has 26 heavy (non-hydrogen) atoms. The summed E-state index contributed by atoms with van der Waals surface area (Å²) >= 11 is 0. The number of carbonyl (C=O) groups excluding carboxylic acids is 1. The Morgan fingerprint density at radius 3 is 2.92 bits per heavy atom. The van der Waals surface area contributed by atoms with Gasteiger partial charge in [-0.3, -0.25) is 4.79 Å². The van der Waals surface area contributed by atoms with Gasteiger partial charge >= 0.3 is 0 Å². The van der Waals surface area contributed by atoms with E-state index in [0.29, 0.717) is 43.1 Å². The Labute approximate surface area is 150 Å². The molecule has 7 heteroatoms. The van der Waals surface area contributed by atoms with Crippen molar-refractivity contribution in [2.24, 2.45) is 0 Å². The Balaban J connectivity index is 1.48. The van der Waals surface area contributed by atoms with Crippen molar-refractivity contribution in [3.05, 3.63) is 71.7 Å². The molecule has 0 saturated heterocycles. The highest BCUT2D eigenvalue weighted by atomic mass is 19.1. The van der Waals surface area contributed by atoms with Crippen molar-refractivity contribution >= 4 is 5.91 Å². The summed E-state index contributed by atoms with van der Waals surface area (Å²) in [4.78, 5) is 12.3. The van der Waals surface area contributed by atoms with E-state index in [-0.39, 0.29) is 11.7 Å². The molecule has 1 amide bonds. The molecule has 2 aromatic heterocycles. The van der Waals surface area contributed by atoms with Crippen molar-refractivity contribution in [2.75, 3.05) is 13.2 Å². The fourth-order valence-electron chi connectivity index (χ4n) is 2.54. The number of halogens is 1. The first-order chi connectivity index (χ1) is 12.7. The molecule has 1 aromatic carbocycles. The SMILES string of the molecule is Cc1c(C(=O)NCCCOCc2ccco2)cnn1-c1ccccc1F. The van der Waals surface area contributed by atoms with Crippen LogP contribution in [0.15, 0.2) is 53.3 Å². The average Bonchev–Trinajstić information content (AvgIpc) is 3.28. The minimum Gasteiger partial charge on any atom is -0.467 e. The van der Waals surface area contributed by atoms with Crippen LogP contribution in [0.4, 0.5) is 4.39 Å². The van der Waals surface area contributed by atoms with Gasteiger partial charge in [0.15, 0.2) is 0 Å². The van der Waals surface area contributed by atoms with Crippen LogP contribution in [0.25, 0.3) is 5.69 Å². The normalized spacial score (nSPS) is 10.8. The third kappa shape index (κ3) is 4.18. The molecule has 0 aliphatic heterocycles. The molecule has 0 spiro atoms. The first-order valence-electron chi connectivity index (χ1n) is 8.34. The zero-order chi connectivity index (χ0) is 18.4. The summed E-state index contributed by atoms with van der Waals surface area (Å²) in [6, 6.07) is 9.97. The highest BCUT2D eigenvalue weighted by molar-refractivity contribution is 5.95. The number of rotatable bonds is 8. The lowest BCUT2D eigenvalue weighted by Gasteiger charge is -2.07. The summed E-state index contributed by atoms with van der Waals surface area (Å²) in [6.07, 6.45) is 3.72. The van der Waals surface area contributed by atoms with E-state index in [0.717, 1.165) is 5.76 Å². The van der Waals surface area contributed by atoms with Gasteiger partial charge in [-0.2, -0.15) is 5.10 Å². The predicted octanol–water partition coefficient (Wildman–Crippen LogP) is 3.25. The molecule has 0 fully saturated rings. The van der Waals surface area contributed by atoms with Crippen molar-refractivity contribution in [2.45, 2.75) is 20.0 Å². The Morgan fingerprint density at radius 1 is 1.31 bits per heavy atom. The first-order valence-corrected chi connectivity index (χ1v) is 8.34. The maximum absolute atomic E-state index is 13.9. The number of carbonyl (C=O) groups is 1. The summed E-state index contributed by atoms with van der Waals surface area (Å²) in [5, 5.41) is 6.96. The molecule has 0 atom stereocenters. The van der Waals surface area contributed by atoms with Crippen molar-refractivity contribution in [3.63, 3.8) is 0 Å². The second-order valence-corrected chi connectivity index (χ2v) is 5.75. The van der Waals surface area contributed by atoms with E-state index in [1.54, 1.807) is 31.4 Å². The van der Waals surface area contributed by atoms with E-state index in [2.05, 4.69) is 10.4 Å². The standard InChI is InChI=1S/C19H20FN3O3/c1-14-16(12-22-23(14)18-8-3-2-7-17(18)20)19(24)21-9-5-10-25-13-15-6-4-11-26-15/h2-4,6-8,11-12H,5,9-10,13H2,1H3,(H,21,24). The number of nitrogens with zero attached hydrogens (tertiary/aromatic N) is 2. The van der Waals surface area contributed by atoms with Crippen LogP contribution in [0.1, 0.15) is 28.2 Å². The van der Waals surface area contributed by atoms with Gasteiger partial charge in [0, 0.05) is 13.2 Å². The van der Waals surface area contributed by atoms with E-state index < -0.39 is 0 Å². The van der Waals surface area contributed by atoms with Gasteiger partial charge in [-0.1, -0.05) is 12.1 Å². The minimum atomic E-state index is -0.389. The Bertz CT molecular complexity index is 859. The van der Waals surface area contributed by atoms with Crippen LogP contribution in [-0.4, -0.2) is 28.8 Å². The van der Waals surface area contributed by atoms with Crippen molar-refractivity contribution in [1.29, 1.82) is 0 Å². The van der Waals surface area contributed by atoms with Crippen molar-refractivity contribution in [3.8, 4) is 5.69 Å². The lowest BCUT2D eigenvalue weighted by Crippen LogP contribution is -2.25. The van der Waals surface area contributed by atoms with E-state index in [4.69, 9.17) is 9.15 Å². The van der Waals surface area contributed by atoms with Gasteiger partial charge in [0.05, 0.1) is 23.7 Å². The number of benzene rings is 1. The van der Waals surface area contributed by atoms with Crippen LogP contribution in [0.2, 0.25) is 0 Å². The van der Waals surface area contributed by atoms with E-state index >= 15 is 0 Å². The van der Waals surface area contributed by atoms with Crippen LogP contribution in [0, 0.1) is 12.7 Å². The van der Waals surface area contributed by atoms with E-state index in [9.17, 15) is 9.18 Å². The third-order valence-corrected chi connectivity index (χ3v) is 3.91. The molecule has 2 heterocycles. The van der Waals surface area contributed by atoms with E-state index in [1.807, 2.05) is 12.1 Å². The van der Waals surface area contributed by atoms with Crippen LogP contribution in [0.5, 0.6) is 0 Å². The summed E-state index contributed by atoms with van der Waals surface area (Å²) in [5.74, 6) is 0.140. The number of ether oxygens (including phenoxy) is 1. The zero-order valence-corrected chi connectivity index (χ0v) is 14.4. The second-order valence-electron chi connectivity index (χ2n) is 5.75. The van der Waals surface area contributed by atoms with Crippen LogP contribution in [-0.2, 0) is 11.3 Å². The molecule has 6 nitrogen and oxygen atoms in total. The fourth-order valence-corrected chi connectivity index (χ4v) is 2.54. The number of furan rings is 1. The number of hydrogen-bond donors (Lipinski definition) is 1. The number of nitrogens with one attached hydrogen (secondary N) is 1. The second kappa shape index (κ2) is 8.44. The van der Waals surface area contributed by atoms with Crippen LogP contribution < -0.4 is 5.32 Å². The highest BCUT2D eigenvalue weighted by Gasteiger charge is 2.16. The number of para-hydroxylation sites is 1. The van der Waals surface area contributed by atoms with Gasteiger partial charge in [0.25, 0.3) is 5.91 Å². The smallest absolute Gasteiger partial charge is 0.254 e. The van der Waals surface area contributed by atoms with Crippen LogP contribution >= 0.6 is 0 Å². The summed E-state index contributed by atoms with van der Waals surface area (Å²) < 4.78 is 26.0. The maximum Gasteiger partial charge on any atom is 0.254 e. The average molecular weight is 357 g/mol. The van der Waals surface area contributed by atoms with Gasteiger partial charge in [-0.25, -0.2) is 9.07 Å². The Kier molecular flexibility index (Phi) is 5.80. The molecule has 3 rings (SSSR count). The number of hydrogen-bond acceptors (Lipinski definition) is 4. The minimum absolute atomic E-state index is 0.240. The molecule has 3 aromatic rings. The number of aromatic nitrogens is 2. The molecular weight excluding hydrogens is 337 g/mol. The zero-order valence-electron chi connectivity index (χ0n) is 14.4. The predicted molar refractivity (Wildman–Crippen MR) is 93.6 cm³/mol. The summed E-state index contributed by atoms with van der Waals surface area (Å²) in [5.41, 5.74) is 1.32. The van der Waals surface area contributed by atoms with Crippen molar-refractivity contribution < 1.29 is 18.3 Å². The molecule has 0 aliphatic carbocycles. The molecule has 0 unspecified atom stereocenters. The highest BCUT2D eigenvalue weighted by Crippen LogP contribution is 2.16. The van der Waals surface area contributed by atoms with Gasteiger partial charge in [-0.05, 0) is 37.6 Å². The Morgan fingerprint density at radius 2 is 2.15 bits per heavy atom. The van der Waals surface area contributed by atoms with Crippen molar-refractivity contribution in [1.82, 2.24) is 15.1 Å². The fraction of sp³-hybridized carbons (Fsp3) is 0.263. The number of amides is 1. The van der Waals surface area contributed by atoms with E-state index in [1.165, 1.54) is 16.9 Å². The molecule has 136 valence electrons. The van der Waals surface area contributed by atoms with Gasteiger partial charge in [-0.15, -0.1) is 0 Å². The topological polar surface area (TPSA) is 69.3 Å². The molecule has 0 bridgehead atoms. The lowest BCUT2D eigenvalue weighted by molar-refractivity contribution is 0.0916. The molecule has 1 N–H and O–H groups in total. The summed E-state index contributed by atoms with van der Waals surface area (Å²) in [6.45, 7) is 3.13. The van der Waals surface area contributed by atoms with Gasteiger partial charge in [0.2, 0.25) is 0 Å². The monoisotopic (exact) mass is 357 g/mol.